The van der Waals surface area contributed by atoms with E-state index < -0.39 is 6.29 Å². The number of hydrogen-bond donors (Lipinski definition) is 1. The van der Waals surface area contributed by atoms with E-state index in [-0.39, 0.29) is 10.8 Å². The Kier molecular flexibility index (Phi) is 8.49. The van der Waals surface area contributed by atoms with Gasteiger partial charge in [-0.15, -0.1) is 0 Å². The van der Waals surface area contributed by atoms with Crippen molar-refractivity contribution in [2.45, 2.75) is 58.2 Å². The number of halogens is 2. The summed E-state index contributed by atoms with van der Waals surface area (Å²) >= 11 is 5.78. The van der Waals surface area contributed by atoms with Crippen molar-refractivity contribution in [2.24, 2.45) is 0 Å². The van der Waals surface area contributed by atoms with Crippen LogP contribution in [0.1, 0.15) is 62.3 Å². The second kappa shape index (κ2) is 10.6. The van der Waals surface area contributed by atoms with Gasteiger partial charge < -0.3 is 9.84 Å². The molecule has 1 aliphatic heterocycles. The summed E-state index contributed by atoms with van der Waals surface area (Å²) in [5.74, 6) is 0.118. The first-order chi connectivity index (χ1) is 12.5. The number of ether oxygens (including phenoxy) is 1. The van der Waals surface area contributed by atoms with Crippen molar-refractivity contribution in [3.63, 3.8) is 0 Å². The van der Waals surface area contributed by atoms with E-state index in [1.165, 1.54) is 0 Å². The quantitative estimate of drug-likeness (QED) is 0.764. The molecule has 1 aromatic carbocycles. The number of nitrogens with zero attached hydrogens (tertiary/aromatic N) is 1. The van der Waals surface area contributed by atoms with Gasteiger partial charge in [0.15, 0.2) is 6.29 Å². The van der Waals surface area contributed by atoms with E-state index in [4.69, 9.17) is 21.4 Å². The molecular weight excluding hydrogens is 353 g/mol. The number of aliphatic hydroxyl groups excluding tert-OH is 1. The van der Waals surface area contributed by atoms with Gasteiger partial charge in [0.25, 0.3) is 0 Å². The fourth-order valence-corrected chi connectivity index (χ4v) is 2.86. The van der Waals surface area contributed by atoms with Crippen molar-refractivity contribution >= 4 is 11.6 Å². The Morgan fingerprint density at radius 3 is 2.65 bits per heavy atom. The molecule has 0 amide bonds. The van der Waals surface area contributed by atoms with Gasteiger partial charge in [-0.25, -0.2) is 4.39 Å². The molecule has 2 aromatic rings. The minimum Gasteiger partial charge on any atom is -0.368 e. The van der Waals surface area contributed by atoms with Gasteiger partial charge in [0.05, 0.1) is 5.02 Å². The first kappa shape index (κ1) is 20.8. The first-order valence-electron chi connectivity index (χ1n) is 9.18. The highest BCUT2D eigenvalue weighted by Gasteiger charge is 2.09. The van der Waals surface area contributed by atoms with Crippen molar-refractivity contribution in [3.8, 4) is 0 Å². The summed E-state index contributed by atoms with van der Waals surface area (Å²) in [6, 6.07) is 9.11. The van der Waals surface area contributed by atoms with Gasteiger partial charge in [0.2, 0.25) is 0 Å². The van der Waals surface area contributed by atoms with Gasteiger partial charge in [-0.1, -0.05) is 43.6 Å². The molecule has 1 aromatic heterocycles. The van der Waals surface area contributed by atoms with Crippen LogP contribution < -0.4 is 0 Å². The molecule has 0 bridgehead atoms. The summed E-state index contributed by atoms with van der Waals surface area (Å²) in [5, 5.41) is 8.86. The first-order valence-corrected chi connectivity index (χ1v) is 9.56. The van der Waals surface area contributed by atoms with Crippen LogP contribution in [0.15, 0.2) is 36.5 Å². The molecular formula is C21H27ClFNO2. The third-order valence-corrected chi connectivity index (χ3v) is 4.84. The van der Waals surface area contributed by atoms with E-state index in [1.54, 1.807) is 18.2 Å². The van der Waals surface area contributed by atoms with Crippen LogP contribution in [0.2, 0.25) is 5.02 Å². The lowest BCUT2D eigenvalue weighted by molar-refractivity contribution is -0.123. The average molecular weight is 380 g/mol. The smallest absolute Gasteiger partial charge is 0.154 e. The summed E-state index contributed by atoms with van der Waals surface area (Å²) in [6.07, 6.45) is 5.98. The third-order valence-electron chi connectivity index (χ3n) is 4.55. The van der Waals surface area contributed by atoms with Crippen molar-refractivity contribution in [2.75, 3.05) is 6.61 Å². The van der Waals surface area contributed by atoms with Crippen molar-refractivity contribution in [1.82, 2.24) is 4.98 Å². The van der Waals surface area contributed by atoms with Gasteiger partial charge in [-0.3, -0.25) is 4.98 Å². The third kappa shape index (κ3) is 6.35. The lowest BCUT2D eigenvalue weighted by Gasteiger charge is -2.16. The molecule has 2 unspecified atom stereocenters. The Bertz CT molecular complexity index is 672. The summed E-state index contributed by atoms with van der Waals surface area (Å²) in [5.41, 5.74) is 2.68. The molecule has 3 rings (SSSR count). The molecule has 1 saturated heterocycles. The van der Waals surface area contributed by atoms with Crippen molar-refractivity contribution in [1.29, 1.82) is 0 Å². The highest BCUT2D eigenvalue weighted by Crippen LogP contribution is 2.21. The largest absolute Gasteiger partial charge is 0.368 e. The molecule has 142 valence electrons. The van der Waals surface area contributed by atoms with Crippen LogP contribution in [0.25, 0.3) is 0 Å². The molecule has 1 fully saturated rings. The second-order valence-corrected chi connectivity index (χ2v) is 7.02. The van der Waals surface area contributed by atoms with E-state index in [9.17, 15) is 4.39 Å². The van der Waals surface area contributed by atoms with E-state index >= 15 is 0 Å². The van der Waals surface area contributed by atoms with Crippen LogP contribution in [-0.2, 0) is 11.2 Å². The van der Waals surface area contributed by atoms with Crippen LogP contribution >= 0.6 is 11.6 Å². The normalized spacial score (nSPS) is 18.0. The summed E-state index contributed by atoms with van der Waals surface area (Å²) in [4.78, 5) is 4.44. The molecule has 3 nitrogen and oxygen atoms in total. The average Bonchev–Trinajstić information content (AvgIpc) is 2.66. The highest BCUT2D eigenvalue weighted by atomic mass is 35.5. The Hall–Kier alpha value is -1.49. The predicted molar refractivity (Wildman–Crippen MR) is 103 cm³/mol. The number of aromatic nitrogens is 1. The molecule has 2 heterocycles. The van der Waals surface area contributed by atoms with E-state index in [0.29, 0.717) is 17.9 Å². The molecule has 0 saturated carbocycles. The molecule has 1 N–H and O–H groups in total. The molecule has 0 spiro atoms. The maximum atomic E-state index is 13.8. The van der Waals surface area contributed by atoms with E-state index in [2.05, 4.69) is 18.8 Å². The summed E-state index contributed by atoms with van der Waals surface area (Å²) in [7, 11) is 0. The number of benzene rings is 1. The summed E-state index contributed by atoms with van der Waals surface area (Å²) in [6.45, 7) is 5.03. The van der Waals surface area contributed by atoms with Crippen LogP contribution in [-0.4, -0.2) is 23.0 Å². The molecule has 0 aliphatic carbocycles. The summed E-state index contributed by atoms with van der Waals surface area (Å²) < 4.78 is 18.6. The molecule has 0 radical (unpaired) electrons. The molecule has 26 heavy (non-hydrogen) atoms. The zero-order valence-electron chi connectivity index (χ0n) is 15.4. The monoisotopic (exact) mass is 379 g/mol. The van der Waals surface area contributed by atoms with Crippen LogP contribution in [0.4, 0.5) is 4.39 Å². The van der Waals surface area contributed by atoms with Gasteiger partial charge in [-0.2, -0.15) is 0 Å². The fourth-order valence-electron chi connectivity index (χ4n) is 2.67. The zero-order chi connectivity index (χ0) is 18.9. The minimum atomic E-state index is -0.464. The van der Waals surface area contributed by atoms with E-state index in [0.717, 1.165) is 43.5 Å². The molecule has 1 aliphatic rings. The highest BCUT2D eigenvalue weighted by molar-refractivity contribution is 6.30. The Morgan fingerprint density at radius 1 is 1.31 bits per heavy atom. The van der Waals surface area contributed by atoms with Gasteiger partial charge in [-0.05, 0) is 54.9 Å². The van der Waals surface area contributed by atoms with Crippen LogP contribution in [0.3, 0.4) is 0 Å². The minimum absolute atomic E-state index is 0.168. The van der Waals surface area contributed by atoms with Gasteiger partial charge in [0, 0.05) is 24.9 Å². The second-order valence-electron chi connectivity index (χ2n) is 6.61. The number of rotatable bonds is 4. The van der Waals surface area contributed by atoms with Gasteiger partial charge in [0.1, 0.15) is 5.82 Å². The lowest BCUT2D eigenvalue weighted by atomic mass is 10.0. The van der Waals surface area contributed by atoms with Crippen molar-refractivity contribution in [3.05, 3.63) is 64.2 Å². The topological polar surface area (TPSA) is 42.4 Å². The van der Waals surface area contributed by atoms with E-state index in [1.807, 2.05) is 18.3 Å². The Labute approximate surface area is 160 Å². The predicted octanol–water partition coefficient (Wildman–Crippen LogP) is 5.48. The standard InChI is InChI=1S/C16H17ClFN.C5H10O2/c1-3-11(2)15-8-7-12(10-19-15)9-13-5-4-6-14(17)16(13)18;6-5-3-1-2-4-7-5/h4-8,10-11H,3,9H2,1-2H3;5-6H,1-4H2. The zero-order valence-corrected chi connectivity index (χ0v) is 16.2. The van der Waals surface area contributed by atoms with Crippen molar-refractivity contribution < 1.29 is 14.2 Å². The lowest BCUT2D eigenvalue weighted by Crippen LogP contribution is -2.17. The fraction of sp³-hybridized carbons (Fsp3) is 0.476. The number of aliphatic hydroxyl groups is 1. The van der Waals surface area contributed by atoms with Crippen LogP contribution in [0, 0.1) is 5.82 Å². The SMILES string of the molecule is CCC(C)c1ccc(Cc2cccc(Cl)c2F)cn1.OC1CCCCO1. The molecule has 5 heteroatoms. The Balaban J connectivity index is 0.000000290. The maximum absolute atomic E-state index is 13.8. The maximum Gasteiger partial charge on any atom is 0.154 e. The number of hydrogen-bond acceptors (Lipinski definition) is 3. The van der Waals surface area contributed by atoms with Gasteiger partial charge >= 0.3 is 0 Å². The van der Waals surface area contributed by atoms with Crippen LogP contribution in [0.5, 0.6) is 0 Å². The Morgan fingerprint density at radius 2 is 2.12 bits per heavy atom. The number of pyridine rings is 1. The molecule has 2 atom stereocenters.